The predicted octanol–water partition coefficient (Wildman–Crippen LogP) is 3.47. The fourth-order valence-electron chi connectivity index (χ4n) is 9.41. The molecule has 0 aromatic rings. The summed E-state index contributed by atoms with van der Waals surface area (Å²) < 4.78 is 35.5. The van der Waals surface area contributed by atoms with Crippen LogP contribution in [0.2, 0.25) is 0 Å². The van der Waals surface area contributed by atoms with Crippen LogP contribution in [0.1, 0.15) is 98.3 Å². The van der Waals surface area contributed by atoms with Gasteiger partial charge < -0.3 is 53.7 Å². The predicted molar refractivity (Wildman–Crippen MR) is 221 cm³/mol. The maximum Gasteiger partial charge on any atom is 0.329 e. The smallest absolute Gasteiger partial charge is 0.329 e. The maximum absolute atomic E-state index is 14.4. The number of esters is 1. The molecule has 2 saturated heterocycles. The summed E-state index contributed by atoms with van der Waals surface area (Å²) in [5, 5.41) is 43.6. The molecule has 1 aliphatic carbocycles. The third-order valence-electron chi connectivity index (χ3n) is 13.2. The van der Waals surface area contributed by atoms with Crippen molar-refractivity contribution in [1.29, 1.82) is 0 Å². The van der Waals surface area contributed by atoms with Gasteiger partial charge in [-0.05, 0) is 83.1 Å². The molecule has 0 aromatic carbocycles. The van der Waals surface area contributed by atoms with Gasteiger partial charge in [-0.25, -0.2) is 9.59 Å². The van der Waals surface area contributed by atoms with Crippen LogP contribution in [0, 0.1) is 23.7 Å². The van der Waals surface area contributed by atoms with Crippen molar-refractivity contribution in [3.63, 3.8) is 0 Å². The number of carboxylic acid groups (broad SMARTS) is 1. The molecule has 0 radical (unpaired) electrons. The van der Waals surface area contributed by atoms with E-state index in [0.29, 0.717) is 44.1 Å². The molecule has 0 aromatic heterocycles. The number of aliphatic carboxylic acids is 1. The van der Waals surface area contributed by atoms with E-state index >= 15 is 0 Å². The number of ether oxygens (including phenoxy) is 6. The summed E-state index contributed by atoms with van der Waals surface area (Å²) in [6.45, 7) is 6.85. The summed E-state index contributed by atoms with van der Waals surface area (Å²) in [6, 6.07) is -1.21. The Morgan fingerprint density at radius 3 is 2.21 bits per heavy atom. The average molecular weight is 864 g/mol. The number of methoxy groups -OCH3 is 4. The number of carbonyl (C=O) groups excluding carboxylic acids is 4. The van der Waals surface area contributed by atoms with E-state index in [2.05, 4.69) is 0 Å². The van der Waals surface area contributed by atoms with Gasteiger partial charge in [-0.15, -0.1) is 0 Å². The molecule has 0 spiro atoms. The molecule has 1 amide bonds. The summed E-state index contributed by atoms with van der Waals surface area (Å²) >= 11 is 0. The Balaban J connectivity index is 1.82. The van der Waals surface area contributed by atoms with Gasteiger partial charge in [0.05, 0.1) is 36.6 Å². The normalized spacial score (nSPS) is 39.2. The average Bonchev–Trinajstić information content (AvgIpc) is 3.23. The second-order valence-corrected chi connectivity index (χ2v) is 17.5. The molecule has 2 bridgehead atoms. The number of carboxylic acids is 1. The van der Waals surface area contributed by atoms with Gasteiger partial charge in [-0.1, -0.05) is 37.6 Å². The number of piperidine rings is 1. The van der Waals surface area contributed by atoms with Crippen LogP contribution in [0.25, 0.3) is 0 Å². The molecule has 0 unspecified atom stereocenters. The zero-order valence-electron chi connectivity index (χ0n) is 37.0. The number of amides is 1. The van der Waals surface area contributed by atoms with Crippen LogP contribution >= 0.6 is 0 Å². The second kappa shape index (κ2) is 22.8. The first-order valence-electron chi connectivity index (χ1n) is 21.6. The number of nitrogens with zero attached hydrogens (tertiary/aromatic N) is 1. The lowest BCUT2D eigenvalue weighted by atomic mass is 9.81. The quantitative estimate of drug-likeness (QED) is 0.113. The van der Waals surface area contributed by atoms with E-state index in [1.54, 1.807) is 33.8 Å². The summed E-state index contributed by atoms with van der Waals surface area (Å²) in [5.41, 5.74) is 1.31. The summed E-state index contributed by atoms with van der Waals surface area (Å²) in [7, 11) is 5.96. The third-order valence-corrected chi connectivity index (χ3v) is 13.2. The zero-order valence-corrected chi connectivity index (χ0v) is 37.0. The first kappa shape index (κ1) is 50.3. The van der Waals surface area contributed by atoms with Crippen LogP contribution in [-0.2, 0) is 52.4 Å². The molecule has 3 aliphatic heterocycles. The Hall–Kier alpha value is -3.35. The number of fused-ring (bicyclic) bond motifs is 3. The number of hydrogen-bond acceptors (Lipinski definition) is 14. The van der Waals surface area contributed by atoms with Gasteiger partial charge in [0.2, 0.25) is 5.79 Å². The molecule has 1 saturated carbocycles. The lowest BCUT2D eigenvalue weighted by molar-refractivity contribution is -0.303. The van der Waals surface area contributed by atoms with E-state index < -0.39 is 102 Å². The van der Waals surface area contributed by atoms with Crippen molar-refractivity contribution < 1.29 is 72.8 Å². The monoisotopic (exact) mass is 863 g/mol. The lowest BCUT2D eigenvalue weighted by Gasteiger charge is -2.47. The van der Waals surface area contributed by atoms with Gasteiger partial charge in [0, 0.05) is 71.7 Å². The molecule has 4 rings (SSSR count). The Kier molecular flexibility index (Phi) is 18.8. The van der Waals surface area contributed by atoms with Crippen LogP contribution in [0.15, 0.2) is 35.5 Å². The Labute approximate surface area is 359 Å². The van der Waals surface area contributed by atoms with Gasteiger partial charge >= 0.3 is 11.9 Å². The molecule has 3 heterocycles. The molecule has 14 atom stereocenters. The van der Waals surface area contributed by atoms with Gasteiger partial charge in [0.15, 0.2) is 0 Å². The molecular formula is C45H69NO15. The number of rotatable bonds is 9. The fraction of sp³-hybridized carbons (Fsp3) is 0.756. The first-order chi connectivity index (χ1) is 28.9. The Morgan fingerprint density at radius 1 is 0.902 bits per heavy atom. The van der Waals surface area contributed by atoms with Gasteiger partial charge in [-0.2, -0.15) is 0 Å². The second-order valence-electron chi connectivity index (χ2n) is 17.5. The maximum atomic E-state index is 14.4. The van der Waals surface area contributed by atoms with Crippen LogP contribution in [-0.4, -0.2) is 150 Å². The molecule has 4 N–H and O–H groups in total. The van der Waals surface area contributed by atoms with Crippen molar-refractivity contribution in [1.82, 2.24) is 4.90 Å². The minimum atomic E-state index is -2.60. The van der Waals surface area contributed by atoms with Crippen molar-refractivity contribution in [3.8, 4) is 0 Å². The van der Waals surface area contributed by atoms with Crippen LogP contribution in [0.4, 0.5) is 0 Å². The van der Waals surface area contributed by atoms with Crippen molar-refractivity contribution in [3.05, 3.63) is 35.5 Å². The highest BCUT2D eigenvalue weighted by Crippen LogP contribution is 2.39. The molecular weight excluding hydrogens is 794 g/mol. The molecule has 4 aliphatic rings. The van der Waals surface area contributed by atoms with Crippen molar-refractivity contribution in [2.45, 2.75) is 159 Å². The third kappa shape index (κ3) is 12.6. The van der Waals surface area contributed by atoms with Crippen LogP contribution in [0.5, 0.6) is 0 Å². The minimum absolute atomic E-state index is 0.0359. The van der Waals surface area contributed by atoms with Gasteiger partial charge in [0.1, 0.15) is 24.0 Å². The summed E-state index contributed by atoms with van der Waals surface area (Å²) in [4.78, 5) is 69.5. The largest absolute Gasteiger partial charge is 0.478 e. The first-order valence-corrected chi connectivity index (χ1v) is 21.6. The van der Waals surface area contributed by atoms with E-state index in [9.17, 15) is 44.4 Å². The Morgan fingerprint density at radius 2 is 1.57 bits per heavy atom. The zero-order chi connectivity index (χ0) is 45.2. The SMILES string of the molecule is CO[C@H]1C/C(C)=C/[C@@H](C/C=C/C(=O)O)C(=O)C[C@H](O)[C@@H](C)[C@@H](/C(C)=C/[C@@H]2CC[C@@H](O)[C@H](OC)C2)OC(=O)[C@@H]2CCCCN2C(=O)C(=O)[C@]2(O)O[C@H]([C@@H](OC)C1)[C@@H](OC)C[C@H]2C. The van der Waals surface area contributed by atoms with E-state index in [1.807, 2.05) is 6.08 Å². The number of aliphatic hydroxyl groups is 3. The van der Waals surface area contributed by atoms with Crippen molar-refractivity contribution in [2.75, 3.05) is 35.0 Å². The van der Waals surface area contributed by atoms with E-state index in [-0.39, 0.29) is 50.4 Å². The molecule has 3 fully saturated rings. The molecule has 16 heteroatoms. The van der Waals surface area contributed by atoms with Gasteiger partial charge in [-0.3, -0.25) is 14.4 Å². The van der Waals surface area contributed by atoms with Crippen molar-refractivity contribution in [2.24, 2.45) is 23.7 Å². The fourth-order valence-corrected chi connectivity index (χ4v) is 9.41. The number of allylic oxidation sites excluding steroid dienone is 3. The number of Topliss-reactive ketones (excluding diaryl/α,β-unsaturated/α-hetero) is 2. The number of carbonyl (C=O) groups is 5. The summed E-state index contributed by atoms with van der Waals surface area (Å²) in [5.74, 6) is -9.93. The van der Waals surface area contributed by atoms with Crippen LogP contribution < -0.4 is 0 Å². The van der Waals surface area contributed by atoms with E-state index in [1.165, 1.54) is 34.5 Å². The number of ketones is 2. The van der Waals surface area contributed by atoms with Gasteiger partial charge in [0.25, 0.3) is 11.7 Å². The van der Waals surface area contributed by atoms with Crippen molar-refractivity contribution >= 4 is 29.4 Å². The topological polar surface area (TPSA) is 225 Å². The number of aliphatic hydroxyl groups excluding tert-OH is 2. The lowest BCUT2D eigenvalue weighted by Crippen LogP contribution is -2.64. The highest BCUT2D eigenvalue weighted by Gasteiger charge is 2.56. The Bertz CT molecular complexity index is 1630. The van der Waals surface area contributed by atoms with Crippen LogP contribution in [0.3, 0.4) is 0 Å². The number of cyclic esters (lactones) is 1. The number of hydrogen-bond donors (Lipinski definition) is 4. The highest BCUT2D eigenvalue weighted by atomic mass is 16.7. The van der Waals surface area contributed by atoms with E-state index in [0.717, 1.165) is 16.5 Å². The molecule has 344 valence electrons. The highest BCUT2D eigenvalue weighted by molar-refractivity contribution is 6.39. The minimum Gasteiger partial charge on any atom is -0.478 e. The summed E-state index contributed by atoms with van der Waals surface area (Å²) in [6.07, 6.45) is 2.64. The molecule has 61 heavy (non-hydrogen) atoms. The van der Waals surface area contributed by atoms with E-state index in [4.69, 9.17) is 28.4 Å². The molecule has 16 nitrogen and oxygen atoms in total. The standard InChI is InChI=1S/C45H69NO15/c1-25-18-30(12-11-14-39(50)51)35(49)24-34(48)28(4)40(26(2)20-29-15-16-33(47)36(22-29)57-6)60-44(54)32-13-9-10-17-46(32)43(53)42(52)45(55)27(3)21-37(58-7)41(61-45)38(59-8)23-31(19-25)56-5/h11,14,18,20,27-34,36-38,40-41,47-48,55H,9-10,12-13,15-17,19,21-24H2,1-8H3,(H,50,51)/b14-11+,25-18+,26-20+/t27-,28-,29+,30-,31+,32+,33-,34+,36-,37+,38+,40-,41+,45-/m1/s1.